The first-order valence-corrected chi connectivity index (χ1v) is 8.54. The third-order valence-electron chi connectivity index (χ3n) is 3.68. The van der Waals surface area contributed by atoms with Crippen LogP contribution in [0.2, 0.25) is 0 Å². The van der Waals surface area contributed by atoms with Crippen molar-refractivity contribution in [1.29, 1.82) is 0 Å². The molecule has 2 rings (SSSR count). The molecule has 0 saturated carbocycles. The summed E-state index contributed by atoms with van der Waals surface area (Å²) in [5.41, 5.74) is 0. The Balaban J connectivity index is 1.98. The topological polar surface area (TPSA) is 15.3 Å². The van der Waals surface area contributed by atoms with Crippen molar-refractivity contribution >= 4 is 27.3 Å². The predicted molar refractivity (Wildman–Crippen MR) is 83.3 cm³/mol. The van der Waals surface area contributed by atoms with Crippen LogP contribution in [0.15, 0.2) is 15.9 Å². The zero-order valence-electron chi connectivity index (χ0n) is 11.3. The van der Waals surface area contributed by atoms with Crippen molar-refractivity contribution in [2.24, 2.45) is 0 Å². The summed E-state index contributed by atoms with van der Waals surface area (Å²) in [7, 11) is 0. The van der Waals surface area contributed by atoms with Crippen LogP contribution in [0.25, 0.3) is 0 Å². The molecule has 1 N–H and O–H groups in total. The molecule has 1 saturated heterocycles. The summed E-state index contributed by atoms with van der Waals surface area (Å²) < 4.78 is 1.24. The van der Waals surface area contributed by atoms with Gasteiger partial charge in [0.25, 0.3) is 0 Å². The molecule has 2 atom stereocenters. The van der Waals surface area contributed by atoms with Gasteiger partial charge in [-0.3, -0.25) is 4.90 Å². The molecule has 0 aromatic carbocycles. The maximum Gasteiger partial charge on any atom is 0.0701 e. The van der Waals surface area contributed by atoms with Crippen molar-refractivity contribution in [3.05, 3.63) is 20.8 Å². The second-order valence-corrected chi connectivity index (χ2v) is 7.60. The van der Waals surface area contributed by atoms with Crippen molar-refractivity contribution in [3.8, 4) is 0 Å². The molecule has 1 fully saturated rings. The molecule has 102 valence electrons. The summed E-state index contributed by atoms with van der Waals surface area (Å²) in [6.07, 6.45) is 3.90. The van der Waals surface area contributed by atoms with E-state index in [0.717, 1.165) is 0 Å². The van der Waals surface area contributed by atoms with Gasteiger partial charge in [-0.05, 0) is 67.3 Å². The van der Waals surface area contributed by atoms with Gasteiger partial charge in [0.05, 0.1) is 3.79 Å². The van der Waals surface area contributed by atoms with Crippen LogP contribution in [-0.4, -0.2) is 30.6 Å². The predicted octanol–water partition coefficient (Wildman–Crippen LogP) is 4.04. The average Bonchev–Trinajstić information content (AvgIpc) is 2.99. The fourth-order valence-electron chi connectivity index (χ4n) is 2.66. The number of hydrogen-bond donors (Lipinski definition) is 1. The van der Waals surface area contributed by atoms with E-state index in [0.29, 0.717) is 12.1 Å². The van der Waals surface area contributed by atoms with Crippen LogP contribution in [0.4, 0.5) is 0 Å². The van der Waals surface area contributed by atoms with Gasteiger partial charge in [0, 0.05) is 23.5 Å². The highest BCUT2D eigenvalue weighted by molar-refractivity contribution is 9.11. The van der Waals surface area contributed by atoms with Crippen molar-refractivity contribution < 1.29 is 0 Å². The minimum absolute atomic E-state index is 0.531. The summed E-state index contributed by atoms with van der Waals surface area (Å²) in [6.45, 7) is 8.18. The van der Waals surface area contributed by atoms with Gasteiger partial charge in [0.2, 0.25) is 0 Å². The third kappa shape index (κ3) is 3.80. The second kappa shape index (κ2) is 7.04. The maximum atomic E-state index is 3.61. The van der Waals surface area contributed by atoms with Gasteiger partial charge in [-0.2, -0.15) is 0 Å². The summed E-state index contributed by atoms with van der Waals surface area (Å²) in [5, 5.41) is 3.61. The zero-order valence-corrected chi connectivity index (χ0v) is 13.7. The molecule has 1 aromatic rings. The van der Waals surface area contributed by atoms with E-state index in [9.17, 15) is 0 Å². The van der Waals surface area contributed by atoms with Gasteiger partial charge in [-0.1, -0.05) is 6.92 Å². The molecule has 0 bridgehead atoms. The van der Waals surface area contributed by atoms with E-state index in [2.05, 4.69) is 52.1 Å². The number of halogens is 1. The summed E-state index contributed by atoms with van der Waals surface area (Å²) in [5.74, 6) is 0. The summed E-state index contributed by atoms with van der Waals surface area (Å²) in [6, 6.07) is 5.64. The molecular weight excluding hydrogens is 308 g/mol. The smallest absolute Gasteiger partial charge is 0.0701 e. The molecule has 0 amide bonds. The lowest BCUT2D eigenvalue weighted by Gasteiger charge is -2.30. The van der Waals surface area contributed by atoms with E-state index >= 15 is 0 Å². The largest absolute Gasteiger partial charge is 0.313 e. The SMILES string of the molecule is CCCN(CC1CCCN1)C(C)c1ccc(Br)s1. The zero-order chi connectivity index (χ0) is 13.0. The Morgan fingerprint density at radius 3 is 2.94 bits per heavy atom. The Morgan fingerprint density at radius 1 is 1.56 bits per heavy atom. The van der Waals surface area contributed by atoms with Gasteiger partial charge < -0.3 is 5.32 Å². The number of nitrogens with zero attached hydrogens (tertiary/aromatic N) is 1. The molecule has 2 unspecified atom stereocenters. The lowest BCUT2D eigenvalue weighted by molar-refractivity contribution is 0.195. The molecule has 2 nitrogen and oxygen atoms in total. The van der Waals surface area contributed by atoms with Crippen LogP contribution in [0.1, 0.15) is 44.0 Å². The lowest BCUT2D eigenvalue weighted by Crippen LogP contribution is -2.39. The van der Waals surface area contributed by atoms with Crippen molar-refractivity contribution in [3.63, 3.8) is 0 Å². The van der Waals surface area contributed by atoms with Crippen LogP contribution in [0.3, 0.4) is 0 Å². The summed E-state index contributed by atoms with van der Waals surface area (Å²) >= 11 is 5.43. The first-order chi connectivity index (χ1) is 8.70. The molecule has 0 radical (unpaired) electrons. The number of nitrogens with one attached hydrogen (secondary N) is 1. The Morgan fingerprint density at radius 2 is 2.39 bits per heavy atom. The van der Waals surface area contributed by atoms with Crippen LogP contribution >= 0.6 is 27.3 Å². The Bertz CT molecular complexity index is 360. The average molecular weight is 331 g/mol. The number of thiophene rings is 1. The molecule has 0 spiro atoms. The van der Waals surface area contributed by atoms with Crippen LogP contribution in [0.5, 0.6) is 0 Å². The van der Waals surface area contributed by atoms with E-state index in [1.54, 1.807) is 0 Å². The third-order valence-corrected chi connectivity index (χ3v) is 5.48. The minimum atomic E-state index is 0.531. The Labute approximate surface area is 123 Å². The standard InChI is InChI=1S/C14H23BrN2S/c1-3-9-17(10-12-5-4-8-16-12)11(2)13-6-7-14(15)18-13/h6-7,11-12,16H,3-5,8-10H2,1-2H3. The molecule has 18 heavy (non-hydrogen) atoms. The van der Waals surface area contributed by atoms with Gasteiger partial charge in [-0.25, -0.2) is 0 Å². The van der Waals surface area contributed by atoms with Gasteiger partial charge in [0.1, 0.15) is 0 Å². The molecule has 1 aliphatic rings. The maximum absolute atomic E-state index is 3.61. The van der Waals surface area contributed by atoms with Crippen molar-refractivity contribution in [1.82, 2.24) is 10.2 Å². The monoisotopic (exact) mass is 330 g/mol. The van der Waals surface area contributed by atoms with Crippen LogP contribution in [-0.2, 0) is 0 Å². The van der Waals surface area contributed by atoms with Crippen molar-refractivity contribution in [2.45, 2.75) is 45.2 Å². The Kier molecular flexibility index (Phi) is 5.67. The quantitative estimate of drug-likeness (QED) is 0.846. The molecule has 1 aliphatic heterocycles. The number of rotatable bonds is 6. The van der Waals surface area contributed by atoms with Gasteiger partial charge >= 0.3 is 0 Å². The van der Waals surface area contributed by atoms with Gasteiger partial charge in [0.15, 0.2) is 0 Å². The second-order valence-electron chi connectivity index (χ2n) is 5.11. The first-order valence-electron chi connectivity index (χ1n) is 6.93. The molecule has 2 heterocycles. The molecule has 4 heteroatoms. The highest BCUT2D eigenvalue weighted by atomic mass is 79.9. The fourth-order valence-corrected chi connectivity index (χ4v) is 4.17. The van der Waals surface area contributed by atoms with E-state index in [-0.39, 0.29) is 0 Å². The van der Waals surface area contributed by atoms with Crippen molar-refractivity contribution in [2.75, 3.05) is 19.6 Å². The highest BCUT2D eigenvalue weighted by Crippen LogP contribution is 2.31. The minimum Gasteiger partial charge on any atom is -0.313 e. The lowest BCUT2D eigenvalue weighted by atomic mass is 10.1. The molecule has 1 aromatic heterocycles. The first kappa shape index (κ1) is 14.5. The van der Waals surface area contributed by atoms with E-state index in [4.69, 9.17) is 0 Å². The summed E-state index contributed by atoms with van der Waals surface area (Å²) in [4.78, 5) is 4.09. The fraction of sp³-hybridized carbons (Fsp3) is 0.714. The Hall–Kier alpha value is 0.1000. The number of hydrogen-bond acceptors (Lipinski definition) is 3. The normalized spacial score (nSPS) is 21.7. The van der Waals surface area contributed by atoms with Crippen LogP contribution < -0.4 is 5.32 Å². The van der Waals surface area contributed by atoms with Crippen LogP contribution in [0, 0.1) is 0 Å². The van der Waals surface area contributed by atoms with E-state index < -0.39 is 0 Å². The molecule has 0 aliphatic carbocycles. The molecular formula is C14H23BrN2S. The van der Waals surface area contributed by atoms with E-state index in [1.165, 1.54) is 47.6 Å². The van der Waals surface area contributed by atoms with E-state index in [1.807, 2.05) is 11.3 Å². The highest BCUT2D eigenvalue weighted by Gasteiger charge is 2.22. The van der Waals surface area contributed by atoms with Gasteiger partial charge in [-0.15, -0.1) is 11.3 Å².